The van der Waals surface area contributed by atoms with E-state index in [1.807, 2.05) is 11.3 Å². The fourth-order valence-corrected chi connectivity index (χ4v) is 4.24. The molecule has 0 aliphatic carbocycles. The van der Waals surface area contributed by atoms with Crippen LogP contribution in [0.5, 0.6) is 0 Å². The SMILES string of the molecule is CCNC(=NCc1ccc(F)cc1)NCC(c1ccc(C)s1)N1CCOCC1. The van der Waals surface area contributed by atoms with E-state index < -0.39 is 0 Å². The molecule has 28 heavy (non-hydrogen) atoms. The molecule has 2 N–H and O–H groups in total. The molecule has 0 bridgehead atoms. The Bertz CT molecular complexity index is 756. The number of hydrogen-bond acceptors (Lipinski definition) is 4. The van der Waals surface area contributed by atoms with E-state index in [0.29, 0.717) is 6.54 Å². The van der Waals surface area contributed by atoms with Gasteiger partial charge in [0.05, 0.1) is 25.8 Å². The zero-order chi connectivity index (χ0) is 19.8. The molecule has 0 amide bonds. The predicted octanol–water partition coefficient (Wildman–Crippen LogP) is 3.32. The summed E-state index contributed by atoms with van der Waals surface area (Å²) in [5, 5.41) is 6.80. The molecule has 0 spiro atoms. The van der Waals surface area contributed by atoms with Crippen molar-refractivity contribution in [3.8, 4) is 0 Å². The highest BCUT2D eigenvalue weighted by Crippen LogP contribution is 2.27. The average molecular weight is 405 g/mol. The maximum absolute atomic E-state index is 13.1. The van der Waals surface area contributed by atoms with Crippen LogP contribution in [-0.4, -0.2) is 50.3 Å². The van der Waals surface area contributed by atoms with E-state index >= 15 is 0 Å². The fraction of sp³-hybridized carbons (Fsp3) is 0.476. The van der Waals surface area contributed by atoms with Crippen molar-refractivity contribution >= 4 is 17.3 Å². The van der Waals surface area contributed by atoms with Gasteiger partial charge in [0.2, 0.25) is 0 Å². The van der Waals surface area contributed by atoms with Crippen LogP contribution >= 0.6 is 11.3 Å². The van der Waals surface area contributed by atoms with Crippen LogP contribution in [0.25, 0.3) is 0 Å². The Hall–Kier alpha value is -1.96. The molecule has 1 aliphatic heterocycles. The molecule has 2 aromatic rings. The van der Waals surface area contributed by atoms with E-state index in [2.05, 4.69) is 46.5 Å². The lowest BCUT2D eigenvalue weighted by Crippen LogP contribution is -2.46. The zero-order valence-electron chi connectivity index (χ0n) is 16.6. The number of hydrogen-bond donors (Lipinski definition) is 2. The monoisotopic (exact) mass is 404 g/mol. The minimum atomic E-state index is -0.225. The largest absolute Gasteiger partial charge is 0.379 e. The number of thiophene rings is 1. The first-order chi connectivity index (χ1) is 13.7. The smallest absolute Gasteiger partial charge is 0.191 e. The Morgan fingerprint density at radius 2 is 1.93 bits per heavy atom. The molecular formula is C21H29FN4OS. The first-order valence-electron chi connectivity index (χ1n) is 9.80. The van der Waals surface area contributed by atoms with Crippen LogP contribution < -0.4 is 10.6 Å². The van der Waals surface area contributed by atoms with Gasteiger partial charge < -0.3 is 15.4 Å². The minimum absolute atomic E-state index is 0.225. The van der Waals surface area contributed by atoms with Crippen LogP contribution in [0.2, 0.25) is 0 Å². The third-order valence-corrected chi connectivity index (χ3v) is 5.82. The number of morpholine rings is 1. The fourth-order valence-electron chi connectivity index (χ4n) is 3.23. The Labute approximate surface area is 170 Å². The van der Waals surface area contributed by atoms with Gasteiger partial charge in [-0.2, -0.15) is 0 Å². The molecule has 7 heteroatoms. The van der Waals surface area contributed by atoms with Crippen molar-refractivity contribution in [1.29, 1.82) is 0 Å². The van der Waals surface area contributed by atoms with Gasteiger partial charge >= 0.3 is 0 Å². The molecule has 1 aromatic carbocycles. The molecule has 5 nitrogen and oxygen atoms in total. The van der Waals surface area contributed by atoms with Crippen molar-refractivity contribution in [2.45, 2.75) is 26.4 Å². The average Bonchev–Trinajstić information content (AvgIpc) is 3.14. The molecule has 1 saturated heterocycles. The highest BCUT2D eigenvalue weighted by atomic mass is 32.1. The summed E-state index contributed by atoms with van der Waals surface area (Å²) < 4.78 is 18.6. The van der Waals surface area contributed by atoms with Gasteiger partial charge in [0, 0.05) is 35.9 Å². The van der Waals surface area contributed by atoms with E-state index in [-0.39, 0.29) is 11.9 Å². The second-order valence-electron chi connectivity index (χ2n) is 6.82. The van der Waals surface area contributed by atoms with Gasteiger partial charge in [-0.25, -0.2) is 9.38 Å². The third kappa shape index (κ3) is 6.02. The summed E-state index contributed by atoms with van der Waals surface area (Å²) in [5.74, 6) is 0.552. The number of nitrogens with one attached hydrogen (secondary N) is 2. The van der Waals surface area contributed by atoms with Crippen molar-refractivity contribution in [3.63, 3.8) is 0 Å². The van der Waals surface area contributed by atoms with E-state index in [0.717, 1.165) is 50.9 Å². The van der Waals surface area contributed by atoms with Crippen molar-refractivity contribution in [2.75, 3.05) is 39.4 Å². The summed E-state index contributed by atoms with van der Waals surface area (Å²) >= 11 is 1.85. The minimum Gasteiger partial charge on any atom is -0.379 e. The van der Waals surface area contributed by atoms with Crippen LogP contribution in [0.4, 0.5) is 4.39 Å². The number of ether oxygens (including phenoxy) is 1. The standard InChI is InChI=1S/C21H29FN4OS/c1-3-23-21(24-14-17-5-7-18(22)8-6-17)25-15-19(20-9-4-16(2)28-20)26-10-12-27-13-11-26/h4-9,19H,3,10-15H2,1-2H3,(H2,23,24,25). The molecule has 1 aromatic heterocycles. The molecule has 1 unspecified atom stereocenters. The topological polar surface area (TPSA) is 48.9 Å². The highest BCUT2D eigenvalue weighted by Gasteiger charge is 2.24. The van der Waals surface area contributed by atoms with Gasteiger partial charge in [-0.05, 0) is 43.7 Å². The predicted molar refractivity (Wildman–Crippen MR) is 113 cm³/mol. The van der Waals surface area contributed by atoms with Gasteiger partial charge in [-0.15, -0.1) is 11.3 Å². The summed E-state index contributed by atoms with van der Waals surface area (Å²) in [6, 6.07) is 11.2. The van der Waals surface area contributed by atoms with E-state index in [4.69, 9.17) is 4.74 Å². The number of rotatable bonds is 7. The first kappa shape index (κ1) is 20.8. The lowest BCUT2D eigenvalue weighted by Gasteiger charge is -2.34. The molecule has 1 aliphatic rings. The van der Waals surface area contributed by atoms with Crippen LogP contribution in [0.3, 0.4) is 0 Å². The first-order valence-corrected chi connectivity index (χ1v) is 10.6. The second-order valence-corrected chi connectivity index (χ2v) is 8.13. The van der Waals surface area contributed by atoms with Crippen molar-refractivity contribution in [3.05, 3.63) is 57.5 Å². The molecule has 0 radical (unpaired) electrons. The molecule has 3 rings (SSSR count). The van der Waals surface area contributed by atoms with Gasteiger partial charge in [-0.1, -0.05) is 12.1 Å². The number of benzene rings is 1. The normalized spacial score (nSPS) is 16.8. The molecule has 1 fully saturated rings. The number of guanidine groups is 1. The van der Waals surface area contributed by atoms with Crippen molar-refractivity contribution in [1.82, 2.24) is 15.5 Å². The number of halogens is 1. The zero-order valence-corrected chi connectivity index (χ0v) is 17.4. The number of aryl methyl sites for hydroxylation is 1. The van der Waals surface area contributed by atoms with Crippen LogP contribution in [-0.2, 0) is 11.3 Å². The summed E-state index contributed by atoms with van der Waals surface area (Å²) in [6.45, 7) is 9.70. The summed E-state index contributed by atoms with van der Waals surface area (Å²) in [4.78, 5) is 9.83. The highest BCUT2D eigenvalue weighted by molar-refractivity contribution is 7.12. The maximum atomic E-state index is 13.1. The molecule has 152 valence electrons. The lowest BCUT2D eigenvalue weighted by molar-refractivity contribution is 0.0177. The Morgan fingerprint density at radius 3 is 2.57 bits per heavy atom. The second kappa shape index (κ2) is 10.5. The van der Waals surface area contributed by atoms with Crippen LogP contribution in [0, 0.1) is 12.7 Å². The third-order valence-electron chi connectivity index (χ3n) is 4.72. The van der Waals surface area contributed by atoms with Gasteiger partial charge in [-0.3, -0.25) is 4.90 Å². The molecular weight excluding hydrogens is 375 g/mol. The van der Waals surface area contributed by atoms with Crippen LogP contribution in [0.15, 0.2) is 41.4 Å². The van der Waals surface area contributed by atoms with E-state index in [1.165, 1.54) is 21.9 Å². The van der Waals surface area contributed by atoms with Crippen molar-refractivity contribution in [2.24, 2.45) is 4.99 Å². The Balaban J connectivity index is 1.67. The Kier molecular flexibility index (Phi) is 7.82. The molecule has 2 heterocycles. The van der Waals surface area contributed by atoms with Gasteiger partial charge in [0.15, 0.2) is 5.96 Å². The summed E-state index contributed by atoms with van der Waals surface area (Å²) in [7, 11) is 0. The Morgan fingerprint density at radius 1 is 1.18 bits per heavy atom. The number of aliphatic imine (C=N–C) groups is 1. The number of nitrogens with zero attached hydrogens (tertiary/aromatic N) is 2. The van der Waals surface area contributed by atoms with Crippen LogP contribution in [0.1, 0.15) is 28.3 Å². The summed E-state index contributed by atoms with van der Waals surface area (Å²) in [6.07, 6.45) is 0. The molecule has 0 saturated carbocycles. The van der Waals surface area contributed by atoms with Gasteiger partial charge in [0.1, 0.15) is 5.82 Å². The van der Waals surface area contributed by atoms with Gasteiger partial charge in [0.25, 0.3) is 0 Å². The van der Waals surface area contributed by atoms with E-state index in [9.17, 15) is 4.39 Å². The quantitative estimate of drug-likeness (QED) is 0.549. The lowest BCUT2D eigenvalue weighted by atomic mass is 10.2. The summed E-state index contributed by atoms with van der Waals surface area (Å²) in [5.41, 5.74) is 0.984. The van der Waals surface area contributed by atoms with E-state index in [1.54, 1.807) is 12.1 Å². The molecule has 1 atom stereocenters. The maximum Gasteiger partial charge on any atom is 0.191 e. The van der Waals surface area contributed by atoms with Crippen molar-refractivity contribution < 1.29 is 9.13 Å².